The molecule has 72 valence electrons. The lowest BCUT2D eigenvalue weighted by molar-refractivity contribution is -0.114. The van der Waals surface area contributed by atoms with Crippen LogP contribution in [0, 0.1) is 5.92 Å². The summed E-state index contributed by atoms with van der Waals surface area (Å²) in [7, 11) is 3.07. The van der Waals surface area contributed by atoms with E-state index in [1.807, 2.05) is 0 Å². The highest BCUT2D eigenvalue weighted by Gasteiger charge is 2.41. The number of halogens is 1. The first kappa shape index (κ1) is 10.5. The Bertz CT molecular complexity index is 260. The molecule has 1 aliphatic rings. The minimum atomic E-state index is -0.849. The molecule has 0 heterocycles. The lowest BCUT2D eigenvalue weighted by Gasteiger charge is -2.32. The van der Waals surface area contributed by atoms with Gasteiger partial charge in [-0.2, -0.15) is 0 Å². The molecule has 0 saturated heterocycles. The van der Waals surface area contributed by atoms with E-state index in [2.05, 4.69) is 15.9 Å². The fourth-order valence-electron chi connectivity index (χ4n) is 1.24. The van der Waals surface area contributed by atoms with Crippen LogP contribution in [0.3, 0.4) is 0 Å². The second-order valence-electron chi connectivity index (χ2n) is 2.63. The van der Waals surface area contributed by atoms with E-state index in [1.165, 1.54) is 7.11 Å². The number of ether oxygens (including phenoxy) is 2. The summed E-state index contributed by atoms with van der Waals surface area (Å²) in [5.74, 6) is 0.229. The van der Waals surface area contributed by atoms with Crippen LogP contribution in [0.1, 0.15) is 0 Å². The molecular weight excluding hydrogens is 236 g/mol. The number of methoxy groups -OCH3 is 2. The Kier molecular flexibility index (Phi) is 3.27. The van der Waals surface area contributed by atoms with Crippen LogP contribution in [0.2, 0.25) is 0 Å². The first-order chi connectivity index (χ1) is 6.19. The first-order valence-corrected chi connectivity index (χ1v) is 4.60. The molecule has 4 heteroatoms. The number of rotatable bonds is 3. The fourth-order valence-corrected chi connectivity index (χ4v) is 1.80. The van der Waals surface area contributed by atoms with E-state index < -0.39 is 4.51 Å². The molecule has 0 spiro atoms. The largest absolute Gasteiger partial charge is 0.497 e. The van der Waals surface area contributed by atoms with E-state index in [9.17, 15) is 4.79 Å². The maximum atomic E-state index is 10.8. The van der Waals surface area contributed by atoms with Crippen molar-refractivity contribution in [3.8, 4) is 0 Å². The highest BCUT2D eigenvalue weighted by Crippen LogP contribution is 2.38. The number of allylic oxidation sites excluding steroid dienone is 2. The summed E-state index contributed by atoms with van der Waals surface area (Å²) in [6, 6.07) is 0. The molecule has 0 amide bonds. The molecule has 0 aliphatic heterocycles. The van der Waals surface area contributed by atoms with E-state index >= 15 is 0 Å². The first-order valence-electron chi connectivity index (χ1n) is 3.81. The third-order valence-corrected chi connectivity index (χ3v) is 3.24. The molecule has 2 atom stereocenters. The molecule has 1 rings (SSSR count). The summed E-state index contributed by atoms with van der Waals surface area (Å²) >= 11 is 3.35. The van der Waals surface area contributed by atoms with E-state index in [0.717, 1.165) is 6.29 Å². The average Bonchev–Trinajstić information content (AvgIpc) is 2.18. The van der Waals surface area contributed by atoms with Gasteiger partial charge in [0.1, 0.15) is 12.0 Å². The number of carbonyl (C=O) groups excluding carboxylic acids is 1. The van der Waals surface area contributed by atoms with Gasteiger partial charge in [0.15, 0.2) is 4.51 Å². The quantitative estimate of drug-likeness (QED) is 0.561. The second kappa shape index (κ2) is 4.07. The monoisotopic (exact) mass is 246 g/mol. The summed E-state index contributed by atoms with van der Waals surface area (Å²) in [5, 5.41) is 0. The van der Waals surface area contributed by atoms with Crippen molar-refractivity contribution in [1.29, 1.82) is 0 Å². The van der Waals surface area contributed by atoms with Gasteiger partial charge in [-0.1, -0.05) is 12.2 Å². The Labute approximate surface area is 85.5 Å². The molecule has 3 nitrogen and oxygen atoms in total. The van der Waals surface area contributed by atoms with Crippen molar-refractivity contribution in [3.05, 3.63) is 24.0 Å². The fraction of sp³-hybridized carbons (Fsp3) is 0.444. The summed E-state index contributed by atoms with van der Waals surface area (Å²) in [6.07, 6.45) is 6.11. The minimum absolute atomic E-state index is 0.363. The van der Waals surface area contributed by atoms with Gasteiger partial charge in [0.05, 0.1) is 13.0 Å². The SMILES string of the molecule is COC1=CC=CC(C=O)C1(Br)OC. The van der Waals surface area contributed by atoms with E-state index in [-0.39, 0.29) is 5.92 Å². The molecule has 0 fully saturated rings. The van der Waals surface area contributed by atoms with Crippen LogP contribution in [0.15, 0.2) is 24.0 Å². The molecule has 0 aromatic rings. The molecule has 0 saturated carbocycles. The smallest absolute Gasteiger partial charge is 0.192 e. The zero-order valence-electron chi connectivity index (χ0n) is 7.49. The van der Waals surface area contributed by atoms with E-state index in [4.69, 9.17) is 9.47 Å². The van der Waals surface area contributed by atoms with Crippen LogP contribution >= 0.6 is 15.9 Å². The van der Waals surface area contributed by atoms with Crippen LogP contribution in [0.25, 0.3) is 0 Å². The van der Waals surface area contributed by atoms with Crippen molar-refractivity contribution in [2.75, 3.05) is 14.2 Å². The molecule has 2 unspecified atom stereocenters. The third kappa shape index (κ3) is 1.69. The van der Waals surface area contributed by atoms with Crippen molar-refractivity contribution in [2.24, 2.45) is 5.92 Å². The maximum absolute atomic E-state index is 10.8. The van der Waals surface area contributed by atoms with Crippen molar-refractivity contribution in [1.82, 2.24) is 0 Å². The highest BCUT2D eigenvalue weighted by molar-refractivity contribution is 9.10. The lowest BCUT2D eigenvalue weighted by atomic mass is 9.97. The predicted molar refractivity (Wildman–Crippen MR) is 52.5 cm³/mol. The van der Waals surface area contributed by atoms with Crippen LogP contribution in [0.4, 0.5) is 0 Å². The number of aldehydes is 1. The Hall–Kier alpha value is -0.610. The topological polar surface area (TPSA) is 35.5 Å². The van der Waals surface area contributed by atoms with Gasteiger partial charge in [-0.3, -0.25) is 0 Å². The number of alkyl halides is 1. The molecule has 0 aromatic carbocycles. The van der Waals surface area contributed by atoms with Gasteiger partial charge >= 0.3 is 0 Å². The zero-order chi connectivity index (χ0) is 9.90. The van der Waals surface area contributed by atoms with Gasteiger partial charge < -0.3 is 14.3 Å². The predicted octanol–water partition coefficient (Wildman–Crippen LogP) is 1.64. The standard InChI is InChI=1S/C9H11BrO3/c1-12-8-5-3-4-7(6-11)9(8,10)13-2/h3-7H,1-2H3. The zero-order valence-corrected chi connectivity index (χ0v) is 9.08. The molecule has 0 radical (unpaired) electrons. The van der Waals surface area contributed by atoms with Gasteiger partial charge in [-0.25, -0.2) is 0 Å². The van der Waals surface area contributed by atoms with Gasteiger partial charge in [0.25, 0.3) is 0 Å². The third-order valence-electron chi connectivity index (χ3n) is 1.99. The molecular formula is C9H11BrO3. The van der Waals surface area contributed by atoms with Crippen LogP contribution < -0.4 is 0 Å². The Balaban J connectivity index is 3.02. The van der Waals surface area contributed by atoms with Crippen molar-refractivity contribution in [2.45, 2.75) is 4.51 Å². The summed E-state index contributed by atoms with van der Waals surface area (Å²) in [4.78, 5) is 10.8. The average molecular weight is 247 g/mol. The van der Waals surface area contributed by atoms with Crippen LogP contribution in [-0.4, -0.2) is 25.0 Å². The van der Waals surface area contributed by atoms with Crippen LogP contribution in [0.5, 0.6) is 0 Å². The van der Waals surface area contributed by atoms with Crippen LogP contribution in [-0.2, 0) is 14.3 Å². The maximum Gasteiger partial charge on any atom is 0.192 e. The van der Waals surface area contributed by atoms with Gasteiger partial charge in [0.2, 0.25) is 0 Å². The molecule has 1 aliphatic carbocycles. The second-order valence-corrected chi connectivity index (χ2v) is 3.81. The summed E-state index contributed by atoms with van der Waals surface area (Å²) in [5.41, 5.74) is 0. The highest BCUT2D eigenvalue weighted by atomic mass is 79.9. The van der Waals surface area contributed by atoms with Gasteiger partial charge in [-0.05, 0) is 22.0 Å². The summed E-state index contributed by atoms with van der Waals surface area (Å²) < 4.78 is 9.49. The normalized spacial score (nSPS) is 32.5. The van der Waals surface area contributed by atoms with Gasteiger partial charge in [0, 0.05) is 7.11 Å². The van der Waals surface area contributed by atoms with Crippen molar-refractivity contribution >= 4 is 22.2 Å². The van der Waals surface area contributed by atoms with Gasteiger partial charge in [-0.15, -0.1) is 0 Å². The van der Waals surface area contributed by atoms with E-state index in [1.54, 1.807) is 25.3 Å². The minimum Gasteiger partial charge on any atom is -0.497 e. The van der Waals surface area contributed by atoms with Crippen molar-refractivity contribution in [3.63, 3.8) is 0 Å². The Morgan fingerprint density at radius 2 is 2.31 bits per heavy atom. The number of hydrogen-bond donors (Lipinski definition) is 0. The summed E-state index contributed by atoms with van der Waals surface area (Å²) in [6.45, 7) is 0. The Morgan fingerprint density at radius 3 is 2.77 bits per heavy atom. The molecule has 13 heavy (non-hydrogen) atoms. The molecule has 0 N–H and O–H groups in total. The van der Waals surface area contributed by atoms with Crippen molar-refractivity contribution < 1.29 is 14.3 Å². The molecule has 0 bridgehead atoms. The Morgan fingerprint density at radius 1 is 1.62 bits per heavy atom. The molecule has 0 aromatic heterocycles. The lowest BCUT2D eigenvalue weighted by Crippen LogP contribution is -2.37. The number of carbonyl (C=O) groups is 1. The number of hydrogen-bond acceptors (Lipinski definition) is 3. The van der Waals surface area contributed by atoms with E-state index in [0.29, 0.717) is 5.76 Å².